The molecule has 0 unspecified atom stereocenters. The third-order valence-corrected chi connectivity index (χ3v) is 3.35. The summed E-state index contributed by atoms with van der Waals surface area (Å²) in [5, 5.41) is 0. The molecule has 2 rings (SSSR count). The molecule has 1 heterocycles. The van der Waals surface area contributed by atoms with Gasteiger partial charge in [-0.05, 0) is 44.7 Å². The summed E-state index contributed by atoms with van der Waals surface area (Å²) in [5.74, 6) is -0.0570. The minimum absolute atomic E-state index is 0.181. The highest BCUT2D eigenvalue weighted by atomic mass is 16.6. The molecule has 0 spiro atoms. The minimum atomic E-state index is -0.623. The van der Waals surface area contributed by atoms with Crippen molar-refractivity contribution in [3.63, 3.8) is 0 Å². The number of fused-ring (bicyclic) bond motifs is 1. The highest BCUT2D eigenvalue weighted by Crippen LogP contribution is 2.41. The van der Waals surface area contributed by atoms with Gasteiger partial charge in [0.05, 0.1) is 11.6 Å². The van der Waals surface area contributed by atoms with Crippen LogP contribution >= 0.6 is 0 Å². The van der Waals surface area contributed by atoms with Crippen LogP contribution in [0.5, 0.6) is 0 Å². The van der Waals surface area contributed by atoms with Crippen molar-refractivity contribution >= 4 is 17.7 Å². The fraction of sp³-hybridized carbons (Fsp3) is 0.529. The van der Waals surface area contributed by atoms with E-state index < -0.39 is 11.7 Å². The Kier molecular flexibility index (Phi) is 4.08. The molecule has 0 N–H and O–H groups in total. The molecule has 0 bridgehead atoms. The largest absolute Gasteiger partial charge is 0.443 e. The Morgan fingerprint density at radius 2 is 1.90 bits per heavy atom. The molecular formula is C17H23NO3. The van der Waals surface area contributed by atoms with Gasteiger partial charge in [-0.2, -0.15) is 0 Å². The molecule has 0 aromatic heterocycles. The quantitative estimate of drug-likeness (QED) is 0.823. The number of hydrogen-bond donors (Lipinski definition) is 0. The van der Waals surface area contributed by atoms with Gasteiger partial charge in [-0.25, -0.2) is 9.69 Å². The average molecular weight is 289 g/mol. The molecule has 4 nitrogen and oxygen atoms in total. The average Bonchev–Trinajstić information content (AvgIpc) is 2.60. The summed E-state index contributed by atoms with van der Waals surface area (Å²) in [7, 11) is 0. The first-order valence-corrected chi connectivity index (χ1v) is 7.36. The highest BCUT2D eigenvalue weighted by molar-refractivity contribution is 6.19. The molecule has 2 amide bonds. The van der Waals surface area contributed by atoms with Crippen LogP contribution in [0.15, 0.2) is 24.3 Å². The Labute approximate surface area is 126 Å². The second-order valence-corrected chi connectivity index (χ2v) is 6.89. The van der Waals surface area contributed by atoms with Crippen molar-refractivity contribution in [2.75, 3.05) is 4.90 Å². The predicted octanol–water partition coefficient (Wildman–Crippen LogP) is 4.10. The second kappa shape index (κ2) is 5.51. The van der Waals surface area contributed by atoms with Crippen LogP contribution in [0.3, 0.4) is 0 Å². The molecule has 1 aromatic carbocycles. The lowest BCUT2D eigenvalue weighted by Gasteiger charge is -2.24. The van der Waals surface area contributed by atoms with Crippen molar-refractivity contribution in [1.82, 2.24) is 0 Å². The SMILES string of the molecule is CC(C)C[C@H]1C(=O)N(C(=O)OC(C)(C)C)c2ccccc21. The predicted molar refractivity (Wildman–Crippen MR) is 82.4 cm³/mol. The maximum Gasteiger partial charge on any atom is 0.421 e. The third kappa shape index (κ3) is 3.26. The van der Waals surface area contributed by atoms with Crippen molar-refractivity contribution in [2.45, 2.75) is 52.6 Å². The Balaban J connectivity index is 2.35. The van der Waals surface area contributed by atoms with E-state index in [-0.39, 0.29) is 11.8 Å². The summed E-state index contributed by atoms with van der Waals surface area (Å²) < 4.78 is 5.37. The number of nitrogens with zero attached hydrogens (tertiary/aromatic N) is 1. The van der Waals surface area contributed by atoms with E-state index in [1.807, 2.05) is 18.2 Å². The van der Waals surface area contributed by atoms with E-state index in [2.05, 4.69) is 13.8 Å². The third-order valence-electron chi connectivity index (χ3n) is 3.35. The van der Waals surface area contributed by atoms with Crippen molar-refractivity contribution < 1.29 is 14.3 Å². The monoisotopic (exact) mass is 289 g/mol. The normalized spacial score (nSPS) is 18.1. The van der Waals surface area contributed by atoms with Crippen LogP contribution in [0.1, 0.15) is 52.5 Å². The van der Waals surface area contributed by atoms with Gasteiger partial charge in [0.15, 0.2) is 0 Å². The number of benzene rings is 1. The smallest absolute Gasteiger partial charge is 0.421 e. The maximum absolute atomic E-state index is 12.7. The molecular weight excluding hydrogens is 266 g/mol. The van der Waals surface area contributed by atoms with Crippen LogP contribution < -0.4 is 4.90 Å². The van der Waals surface area contributed by atoms with Gasteiger partial charge >= 0.3 is 6.09 Å². The van der Waals surface area contributed by atoms with Crippen LogP contribution in [-0.4, -0.2) is 17.6 Å². The van der Waals surface area contributed by atoms with Crippen LogP contribution in [0.4, 0.5) is 10.5 Å². The van der Waals surface area contributed by atoms with Crippen LogP contribution in [-0.2, 0) is 9.53 Å². The lowest BCUT2D eigenvalue weighted by molar-refractivity contribution is -0.119. The zero-order valence-corrected chi connectivity index (χ0v) is 13.3. The lowest BCUT2D eigenvalue weighted by Crippen LogP contribution is -2.39. The summed E-state index contributed by atoms with van der Waals surface area (Å²) >= 11 is 0. The van der Waals surface area contributed by atoms with E-state index in [0.717, 1.165) is 12.0 Å². The molecule has 0 aliphatic carbocycles. The molecule has 21 heavy (non-hydrogen) atoms. The number of carbonyl (C=O) groups excluding carboxylic acids is 2. The van der Waals surface area contributed by atoms with E-state index in [1.165, 1.54) is 4.90 Å². The van der Waals surface area contributed by atoms with Crippen molar-refractivity contribution in [3.05, 3.63) is 29.8 Å². The van der Waals surface area contributed by atoms with Crippen LogP contribution in [0.25, 0.3) is 0 Å². The number of para-hydroxylation sites is 1. The summed E-state index contributed by atoms with van der Waals surface area (Å²) in [6.07, 6.45) is 0.140. The molecule has 1 atom stereocenters. The molecule has 0 saturated carbocycles. The first-order chi connectivity index (χ1) is 9.70. The van der Waals surface area contributed by atoms with E-state index in [9.17, 15) is 9.59 Å². The number of ether oxygens (including phenoxy) is 1. The number of anilines is 1. The molecule has 1 aromatic rings. The molecule has 4 heteroatoms. The Morgan fingerprint density at radius 1 is 1.29 bits per heavy atom. The fourth-order valence-corrected chi connectivity index (χ4v) is 2.59. The summed E-state index contributed by atoms with van der Waals surface area (Å²) in [5.41, 5.74) is 0.951. The lowest BCUT2D eigenvalue weighted by atomic mass is 9.91. The molecule has 0 fully saturated rings. The van der Waals surface area contributed by atoms with Gasteiger partial charge in [0.25, 0.3) is 0 Å². The minimum Gasteiger partial charge on any atom is -0.443 e. The topological polar surface area (TPSA) is 46.6 Å². The van der Waals surface area contributed by atoms with Crippen molar-refractivity contribution in [2.24, 2.45) is 5.92 Å². The van der Waals surface area contributed by atoms with Gasteiger partial charge in [0.2, 0.25) is 5.91 Å². The molecule has 0 saturated heterocycles. The Hall–Kier alpha value is -1.84. The van der Waals surface area contributed by atoms with Gasteiger partial charge in [-0.3, -0.25) is 4.79 Å². The van der Waals surface area contributed by atoms with Gasteiger partial charge in [0, 0.05) is 0 Å². The highest BCUT2D eigenvalue weighted by Gasteiger charge is 2.42. The number of imide groups is 1. The maximum atomic E-state index is 12.7. The first-order valence-electron chi connectivity index (χ1n) is 7.36. The van der Waals surface area contributed by atoms with E-state index in [4.69, 9.17) is 4.74 Å². The van der Waals surface area contributed by atoms with E-state index >= 15 is 0 Å². The fourth-order valence-electron chi connectivity index (χ4n) is 2.59. The van der Waals surface area contributed by atoms with Gasteiger partial charge in [-0.1, -0.05) is 32.0 Å². The molecule has 0 radical (unpaired) electrons. The zero-order chi connectivity index (χ0) is 15.8. The van der Waals surface area contributed by atoms with Crippen LogP contribution in [0, 0.1) is 5.92 Å². The first kappa shape index (κ1) is 15.5. The number of carbonyl (C=O) groups is 2. The second-order valence-electron chi connectivity index (χ2n) is 6.89. The number of hydrogen-bond acceptors (Lipinski definition) is 3. The van der Waals surface area contributed by atoms with Gasteiger partial charge < -0.3 is 4.74 Å². The number of rotatable bonds is 2. The van der Waals surface area contributed by atoms with Gasteiger partial charge in [0.1, 0.15) is 5.60 Å². The standard InChI is InChI=1S/C17H23NO3/c1-11(2)10-13-12-8-6-7-9-14(12)18(15(13)19)16(20)21-17(3,4)5/h6-9,11,13H,10H2,1-5H3/t13-/m1/s1. The van der Waals surface area contributed by atoms with Crippen molar-refractivity contribution in [3.8, 4) is 0 Å². The summed E-state index contributed by atoms with van der Waals surface area (Å²) in [6, 6.07) is 7.46. The summed E-state index contributed by atoms with van der Waals surface area (Å²) in [6.45, 7) is 9.53. The van der Waals surface area contributed by atoms with Crippen LogP contribution in [0.2, 0.25) is 0 Å². The van der Waals surface area contributed by atoms with E-state index in [1.54, 1.807) is 26.8 Å². The molecule has 114 valence electrons. The molecule has 1 aliphatic rings. The Bertz CT molecular complexity index is 557. The summed E-state index contributed by atoms with van der Waals surface area (Å²) in [4.78, 5) is 26.2. The molecule has 1 aliphatic heterocycles. The Morgan fingerprint density at radius 3 is 2.48 bits per heavy atom. The van der Waals surface area contributed by atoms with E-state index in [0.29, 0.717) is 11.6 Å². The number of amides is 2. The van der Waals surface area contributed by atoms with Gasteiger partial charge in [-0.15, -0.1) is 0 Å². The zero-order valence-electron chi connectivity index (χ0n) is 13.3. The van der Waals surface area contributed by atoms with Crippen molar-refractivity contribution in [1.29, 1.82) is 0 Å².